The molecule has 0 saturated carbocycles. The van der Waals surface area contributed by atoms with Crippen LogP contribution in [0.3, 0.4) is 0 Å². The van der Waals surface area contributed by atoms with Crippen LogP contribution < -0.4 is 10.2 Å². The van der Waals surface area contributed by atoms with Crippen molar-refractivity contribution in [1.29, 1.82) is 0 Å². The van der Waals surface area contributed by atoms with Crippen molar-refractivity contribution in [2.75, 3.05) is 6.61 Å². The molecule has 0 saturated heterocycles. The van der Waals surface area contributed by atoms with E-state index >= 15 is 0 Å². The van der Waals surface area contributed by atoms with Crippen molar-refractivity contribution in [3.63, 3.8) is 0 Å². The van der Waals surface area contributed by atoms with Crippen molar-refractivity contribution in [2.24, 2.45) is 0 Å². The molecule has 3 rings (SSSR count). The maximum absolute atomic E-state index is 12.6. The molecule has 0 amide bonds. The van der Waals surface area contributed by atoms with E-state index in [4.69, 9.17) is 9.47 Å². The van der Waals surface area contributed by atoms with Crippen LogP contribution >= 0.6 is 0 Å². The van der Waals surface area contributed by atoms with Crippen molar-refractivity contribution in [2.45, 2.75) is 19.9 Å². The third-order valence-electron chi connectivity index (χ3n) is 3.71. The van der Waals surface area contributed by atoms with Gasteiger partial charge in [-0.3, -0.25) is 4.79 Å². The summed E-state index contributed by atoms with van der Waals surface area (Å²) in [7, 11) is 0. The first-order valence-electron chi connectivity index (χ1n) is 8.28. The van der Waals surface area contributed by atoms with Gasteiger partial charge in [0.2, 0.25) is 5.43 Å². The average molecular weight is 353 g/mol. The molecule has 0 atom stereocenters. The van der Waals surface area contributed by atoms with E-state index in [0.717, 1.165) is 5.69 Å². The molecule has 134 valence electrons. The maximum atomic E-state index is 12.6. The number of H-pyrrole nitrogens is 1. The van der Waals surface area contributed by atoms with Crippen LogP contribution in [0.25, 0.3) is 0 Å². The third kappa shape index (κ3) is 4.18. The predicted octanol–water partition coefficient (Wildman–Crippen LogP) is 2.78. The number of aryl methyl sites for hydroxylation is 2. The van der Waals surface area contributed by atoms with E-state index in [-0.39, 0.29) is 17.9 Å². The van der Waals surface area contributed by atoms with Gasteiger partial charge in [-0.05, 0) is 19.1 Å². The fourth-order valence-corrected chi connectivity index (χ4v) is 2.45. The van der Waals surface area contributed by atoms with E-state index in [1.165, 1.54) is 6.20 Å². The van der Waals surface area contributed by atoms with Gasteiger partial charge in [0.1, 0.15) is 11.3 Å². The average Bonchev–Trinajstić information content (AvgIpc) is 3.17. The van der Waals surface area contributed by atoms with E-state index in [9.17, 15) is 9.59 Å². The Balaban J connectivity index is 1.92. The van der Waals surface area contributed by atoms with E-state index in [1.54, 1.807) is 54.5 Å². The van der Waals surface area contributed by atoms with Crippen LogP contribution in [-0.2, 0) is 17.7 Å². The first-order valence-corrected chi connectivity index (χ1v) is 8.28. The van der Waals surface area contributed by atoms with Crippen LogP contribution in [0, 0.1) is 0 Å². The number of benzene rings is 1. The van der Waals surface area contributed by atoms with Gasteiger partial charge in [0, 0.05) is 31.1 Å². The second-order valence-electron chi connectivity index (χ2n) is 5.57. The first-order chi connectivity index (χ1) is 12.7. The molecule has 7 nitrogen and oxygen atoms in total. The number of hydrogen-bond donors (Lipinski definition) is 1. The van der Waals surface area contributed by atoms with Crippen LogP contribution in [0.2, 0.25) is 0 Å². The van der Waals surface area contributed by atoms with Gasteiger partial charge in [-0.1, -0.05) is 18.2 Å². The number of hydrogen-bond acceptors (Lipinski definition) is 5. The van der Waals surface area contributed by atoms with Gasteiger partial charge in [-0.15, -0.1) is 0 Å². The summed E-state index contributed by atoms with van der Waals surface area (Å²) in [6.45, 7) is 2.43. The lowest BCUT2D eigenvalue weighted by Crippen LogP contribution is -2.21. The number of carbonyl (C=O) groups is 1. The zero-order chi connectivity index (χ0) is 18.4. The smallest absolute Gasteiger partial charge is 0.343 e. The number of nitrogens with zero attached hydrogens (tertiary/aromatic N) is 2. The van der Waals surface area contributed by atoms with Gasteiger partial charge in [-0.25, -0.2) is 9.78 Å². The lowest BCUT2D eigenvalue weighted by Gasteiger charge is -2.12. The Morgan fingerprint density at radius 2 is 2.04 bits per heavy atom. The van der Waals surface area contributed by atoms with E-state index in [1.807, 2.05) is 6.07 Å². The van der Waals surface area contributed by atoms with Gasteiger partial charge in [0.25, 0.3) is 0 Å². The van der Waals surface area contributed by atoms with Crippen molar-refractivity contribution >= 4 is 5.97 Å². The number of esters is 1. The van der Waals surface area contributed by atoms with Gasteiger partial charge >= 0.3 is 5.97 Å². The van der Waals surface area contributed by atoms with Crippen molar-refractivity contribution in [3.05, 3.63) is 76.7 Å². The number of aromatic nitrogens is 3. The van der Waals surface area contributed by atoms with Crippen LogP contribution in [0.15, 0.2) is 60.0 Å². The number of ether oxygens (including phenoxy) is 2. The van der Waals surface area contributed by atoms with Crippen LogP contribution in [0.5, 0.6) is 11.5 Å². The monoisotopic (exact) mass is 353 g/mol. The Kier molecular flexibility index (Phi) is 5.48. The number of nitrogens with one attached hydrogen (secondary N) is 1. The summed E-state index contributed by atoms with van der Waals surface area (Å²) in [5, 5.41) is 0. The van der Waals surface area contributed by atoms with E-state index < -0.39 is 11.4 Å². The van der Waals surface area contributed by atoms with E-state index in [0.29, 0.717) is 18.7 Å². The number of aromatic amines is 1. The fourth-order valence-electron chi connectivity index (χ4n) is 2.45. The Bertz CT molecular complexity index is 918. The SMILES string of the molecule is CCOC(=O)c1cn(CCc2cnc[nH]2)cc(Oc2ccccc2)c1=O. The fraction of sp³-hybridized carbons (Fsp3) is 0.211. The predicted molar refractivity (Wildman–Crippen MR) is 95.5 cm³/mol. The highest BCUT2D eigenvalue weighted by Gasteiger charge is 2.17. The highest BCUT2D eigenvalue weighted by atomic mass is 16.5. The molecule has 1 aromatic carbocycles. The summed E-state index contributed by atoms with van der Waals surface area (Å²) in [5.41, 5.74) is 0.405. The molecule has 0 unspecified atom stereocenters. The molecule has 3 aromatic rings. The Morgan fingerprint density at radius 3 is 2.73 bits per heavy atom. The molecule has 0 aliphatic rings. The lowest BCUT2D eigenvalue weighted by atomic mass is 10.2. The molecule has 26 heavy (non-hydrogen) atoms. The van der Waals surface area contributed by atoms with E-state index in [2.05, 4.69) is 9.97 Å². The minimum Gasteiger partial charge on any atom is -0.462 e. The largest absolute Gasteiger partial charge is 0.462 e. The molecule has 0 fully saturated rings. The lowest BCUT2D eigenvalue weighted by molar-refractivity contribution is 0.0523. The summed E-state index contributed by atoms with van der Waals surface area (Å²) < 4.78 is 12.4. The standard InChI is InChI=1S/C19H19N3O4/c1-2-25-19(24)16-11-22(9-8-14-10-20-13-21-14)12-17(18(16)23)26-15-6-4-3-5-7-15/h3-7,10-13H,2,8-9H2,1H3,(H,20,21). The number of rotatable bonds is 7. The topological polar surface area (TPSA) is 86.2 Å². The number of imidazole rings is 1. The minimum atomic E-state index is -0.661. The van der Waals surface area contributed by atoms with Crippen LogP contribution in [0.1, 0.15) is 23.0 Å². The second kappa shape index (κ2) is 8.15. The summed E-state index contributed by atoms with van der Waals surface area (Å²) >= 11 is 0. The molecule has 0 aliphatic heterocycles. The highest BCUT2D eigenvalue weighted by Crippen LogP contribution is 2.18. The van der Waals surface area contributed by atoms with Gasteiger partial charge in [-0.2, -0.15) is 0 Å². The molecule has 0 bridgehead atoms. The molecule has 0 aliphatic carbocycles. The van der Waals surface area contributed by atoms with Crippen LogP contribution in [-0.4, -0.2) is 27.1 Å². The minimum absolute atomic E-state index is 0.0510. The summed E-state index contributed by atoms with van der Waals surface area (Å²) in [4.78, 5) is 31.8. The zero-order valence-corrected chi connectivity index (χ0v) is 14.3. The van der Waals surface area contributed by atoms with Crippen molar-refractivity contribution < 1.29 is 14.3 Å². The second-order valence-corrected chi connectivity index (χ2v) is 5.57. The maximum Gasteiger partial charge on any atom is 0.343 e. The van der Waals surface area contributed by atoms with Gasteiger partial charge < -0.3 is 19.0 Å². The Morgan fingerprint density at radius 1 is 1.23 bits per heavy atom. The molecule has 0 spiro atoms. The number of para-hydroxylation sites is 1. The molecule has 0 radical (unpaired) electrons. The molecule has 2 heterocycles. The highest BCUT2D eigenvalue weighted by molar-refractivity contribution is 5.89. The van der Waals surface area contributed by atoms with Gasteiger partial charge in [0.05, 0.1) is 19.1 Å². The summed E-state index contributed by atoms with van der Waals surface area (Å²) in [5.74, 6) is -0.0663. The molecule has 1 N–H and O–H groups in total. The molecular weight excluding hydrogens is 334 g/mol. The molecule has 7 heteroatoms. The molecule has 2 aromatic heterocycles. The Hall–Kier alpha value is -3.35. The van der Waals surface area contributed by atoms with Gasteiger partial charge in [0.15, 0.2) is 5.75 Å². The zero-order valence-electron chi connectivity index (χ0n) is 14.3. The summed E-state index contributed by atoms with van der Waals surface area (Å²) in [6.07, 6.45) is 7.09. The van der Waals surface area contributed by atoms with Crippen molar-refractivity contribution in [3.8, 4) is 11.5 Å². The number of pyridine rings is 1. The Labute approximate surface area is 150 Å². The third-order valence-corrected chi connectivity index (χ3v) is 3.71. The quantitative estimate of drug-likeness (QED) is 0.660. The summed E-state index contributed by atoms with van der Waals surface area (Å²) in [6, 6.07) is 8.95. The first kappa shape index (κ1) is 17.5. The number of carbonyl (C=O) groups excluding carboxylic acids is 1. The van der Waals surface area contributed by atoms with Crippen LogP contribution in [0.4, 0.5) is 0 Å². The van der Waals surface area contributed by atoms with Crippen molar-refractivity contribution in [1.82, 2.24) is 14.5 Å². The molecular formula is C19H19N3O4. The normalized spacial score (nSPS) is 10.5.